The van der Waals surface area contributed by atoms with Gasteiger partial charge in [-0.1, -0.05) is 58.0 Å². The second kappa shape index (κ2) is 8.95. The third kappa shape index (κ3) is 4.47. The van der Waals surface area contributed by atoms with Crippen molar-refractivity contribution >= 4 is 29.4 Å². The van der Waals surface area contributed by atoms with E-state index in [1.54, 1.807) is 17.0 Å². The fraction of sp³-hybridized carbons (Fsp3) is 0.429. The number of nitrogens with zero attached hydrogens (tertiary/aromatic N) is 2. The molecule has 1 saturated carbocycles. The summed E-state index contributed by atoms with van der Waals surface area (Å²) >= 11 is 0. The van der Waals surface area contributed by atoms with E-state index in [9.17, 15) is 19.2 Å². The van der Waals surface area contributed by atoms with Gasteiger partial charge in [-0.05, 0) is 47.1 Å². The highest BCUT2D eigenvalue weighted by atomic mass is 16.5. The largest absolute Gasteiger partial charge is 0.427 e. The van der Waals surface area contributed by atoms with Gasteiger partial charge in [0.05, 0.1) is 12.1 Å². The molecular weight excluding hydrogens is 444 g/mol. The van der Waals surface area contributed by atoms with Crippen LogP contribution in [0.5, 0.6) is 5.75 Å². The first kappa shape index (κ1) is 24.6. The number of carbonyl (C=O) groups excluding carboxylic acids is 4. The molecule has 0 aromatic heterocycles. The van der Waals surface area contributed by atoms with Crippen molar-refractivity contribution < 1.29 is 23.9 Å². The van der Waals surface area contributed by atoms with Gasteiger partial charge < -0.3 is 9.64 Å². The summed E-state index contributed by atoms with van der Waals surface area (Å²) in [5, 5.41) is 0. The molecule has 184 valence electrons. The molecule has 4 rings (SSSR count). The van der Waals surface area contributed by atoms with Crippen molar-refractivity contribution in [1.29, 1.82) is 0 Å². The van der Waals surface area contributed by atoms with Gasteiger partial charge >= 0.3 is 5.97 Å². The second-order valence-electron chi connectivity index (χ2n) is 10.5. The molecule has 1 saturated heterocycles. The number of rotatable bonds is 7. The smallest absolute Gasteiger partial charge is 0.308 e. The van der Waals surface area contributed by atoms with Crippen molar-refractivity contribution in [3.63, 3.8) is 0 Å². The molecule has 1 aliphatic heterocycles. The monoisotopic (exact) mass is 476 g/mol. The summed E-state index contributed by atoms with van der Waals surface area (Å²) in [6.45, 7) is 9.95. The number of benzene rings is 2. The number of esters is 1. The Morgan fingerprint density at radius 2 is 1.57 bits per heavy atom. The van der Waals surface area contributed by atoms with E-state index in [1.807, 2.05) is 30.3 Å². The lowest BCUT2D eigenvalue weighted by Crippen LogP contribution is -2.47. The molecule has 3 amide bonds. The zero-order valence-corrected chi connectivity index (χ0v) is 20.9. The van der Waals surface area contributed by atoms with Crippen LogP contribution in [0.15, 0.2) is 54.6 Å². The first-order valence-corrected chi connectivity index (χ1v) is 11.9. The van der Waals surface area contributed by atoms with Crippen LogP contribution < -0.4 is 9.64 Å². The minimum atomic E-state index is -0.848. The average Bonchev–Trinajstić information content (AvgIpc) is 3.02. The lowest BCUT2D eigenvalue weighted by Gasteiger charge is -2.29. The molecule has 1 heterocycles. The number of imide groups is 1. The highest BCUT2D eigenvalue weighted by molar-refractivity contribution is 6.23. The van der Waals surface area contributed by atoms with Crippen LogP contribution in [0.1, 0.15) is 46.6 Å². The number of anilines is 1. The number of carbonyl (C=O) groups is 4. The van der Waals surface area contributed by atoms with Crippen molar-refractivity contribution in [2.24, 2.45) is 16.7 Å². The Balaban J connectivity index is 1.59. The molecule has 1 unspecified atom stereocenters. The zero-order valence-electron chi connectivity index (χ0n) is 20.9. The zero-order chi connectivity index (χ0) is 25.5. The van der Waals surface area contributed by atoms with Crippen molar-refractivity contribution in [3.8, 4) is 5.75 Å². The molecule has 0 radical (unpaired) electrons. The van der Waals surface area contributed by atoms with Crippen molar-refractivity contribution in [3.05, 3.63) is 60.2 Å². The highest BCUT2D eigenvalue weighted by Crippen LogP contribution is 2.69. The lowest BCUT2D eigenvalue weighted by molar-refractivity contribution is -0.140. The summed E-state index contributed by atoms with van der Waals surface area (Å²) < 4.78 is 5.04. The molecule has 1 atom stereocenters. The number of amides is 3. The Morgan fingerprint density at radius 3 is 2.11 bits per heavy atom. The van der Waals surface area contributed by atoms with E-state index in [-0.39, 0.29) is 35.0 Å². The van der Waals surface area contributed by atoms with Gasteiger partial charge in [0.1, 0.15) is 11.8 Å². The Morgan fingerprint density at radius 1 is 0.971 bits per heavy atom. The Hall–Kier alpha value is -3.48. The van der Waals surface area contributed by atoms with Crippen LogP contribution in [-0.2, 0) is 25.6 Å². The van der Waals surface area contributed by atoms with Gasteiger partial charge in [0.15, 0.2) is 0 Å². The minimum absolute atomic E-state index is 0.0569. The summed E-state index contributed by atoms with van der Waals surface area (Å²) in [5.74, 6) is -1.18. The lowest BCUT2D eigenvalue weighted by atomic mass is 10.0. The SMILES string of the molecule is CC(=O)Oc1ccc(N2C(=O)CC(N(CCc3ccccc3)C(=O)C3C(C)(C)C3(C)C)C2=O)cc1. The maximum Gasteiger partial charge on any atom is 0.308 e. The molecule has 2 aromatic rings. The Bertz CT molecular complexity index is 1140. The molecule has 0 spiro atoms. The van der Waals surface area contributed by atoms with E-state index in [0.29, 0.717) is 24.4 Å². The molecule has 2 aliphatic rings. The normalized spacial score (nSPS) is 20.6. The molecule has 2 aromatic carbocycles. The maximum atomic E-state index is 13.8. The standard InChI is InChI=1S/C28H32N2O5/c1-18(31)35-21-13-11-20(12-14-21)30-23(32)17-22(25(30)33)29(16-15-19-9-7-6-8-10-19)26(34)24-27(2,3)28(24,4)5/h6-14,22,24H,15-17H2,1-5H3. The Labute approximate surface area is 206 Å². The van der Waals surface area contributed by atoms with E-state index in [0.717, 1.165) is 10.5 Å². The van der Waals surface area contributed by atoms with E-state index < -0.39 is 17.9 Å². The minimum Gasteiger partial charge on any atom is -0.427 e. The molecule has 7 heteroatoms. The van der Waals surface area contributed by atoms with E-state index in [1.165, 1.54) is 19.1 Å². The van der Waals surface area contributed by atoms with E-state index >= 15 is 0 Å². The molecule has 35 heavy (non-hydrogen) atoms. The molecule has 0 N–H and O–H groups in total. The van der Waals surface area contributed by atoms with Gasteiger partial charge in [-0.3, -0.25) is 19.2 Å². The Kier molecular flexibility index (Phi) is 6.30. The average molecular weight is 477 g/mol. The fourth-order valence-corrected chi connectivity index (χ4v) is 5.25. The quantitative estimate of drug-likeness (QED) is 0.343. The van der Waals surface area contributed by atoms with Crippen molar-refractivity contribution in [2.45, 2.75) is 53.5 Å². The number of hydrogen-bond acceptors (Lipinski definition) is 5. The molecule has 0 bridgehead atoms. The van der Waals surface area contributed by atoms with Crippen LogP contribution in [-0.4, -0.2) is 41.2 Å². The predicted octanol–water partition coefficient (Wildman–Crippen LogP) is 4.00. The fourth-order valence-electron chi connectivity index (χ4n) is 5.25. The molecule has 7 nitrogen and oxygen atoms in total. The van der Waals surface area contributed by atoms with Crippen molar-refractivity contribution in [1.82, 2.24) is 4.90 Å². The first-order chi connectivity index (χ1) is 16.4. The van der Waals surface area contributed by atoms with Crippen LogP contribution in [0, 0.1) is 16.7 Å². The van der Waals surface area contributed by atoms with Gasteiger partial charge in [0, 0.05) is 19.4 Å². The maximum absolute atomic E-state index is 13.8. The van der Waals surface area contributed by atoms with E-state index in [2.05, 4.69) is 27.7 Å². The van der Waals surface area contributed by atoms with Crippen LogP contribution in [0.25, 0.3) is 0 Å². The summed E-state index contributed by atoms with van der Waals surface area (Å²) in [7, 11) is 0. The van der Waals surface area contributed by atoms with Gasteiger partial charge in [-0.2, -0.15) is 0 Å². The highest BCUT2D eigenvalue weighted by Gasteiger charge is 2.69. The van der Waals surface area contributed by atoms with E-state index in [4.69, 9.17) is 4.74 Å². The molecule has 1 aliphatic carbocycles. The third-order valence-electron chi connectivity index (χ3n) is 7.89. The van der Waals surface area contributed by atoms with Crippen molar-refractivity contribution in [2.75, 3.05) is 11.4 Å². The molecule has 2 fully saturated rings. The predicted molar refractivity (Wildman–Crippen MR) is 132 cm³/mol. The van der Waals surface area contributed by atoms with Crippen LogP contribution in [0.3, 0.4) is 0 Å². The molecular formula is C28H32N2O5. The summed E-state index contributed by atoms with van der Waals surface area (Å²) in [4.78, 5) is 54.2. The number of ether oxygens (including phenoxy) is 1. The van der Waals surface area contributed by atoms with Crippen LogP contribution in [0.4, 0.5) is 5.69 Å². The summed E-state index contributed by atoms with van der Waals surface area (Å²) in [6, 6.07) is 15.2. The first-order valence-electron chi connectivity index (χ1n) is 11.9. The van der Waals surface area contributed by atoms with Gasteiger partial charge in [-0.15, -0.1) is 0 Å². The van der Waals surface area contributed by atoms with Gasteiger partial charge in [-0.25, -0.2) is 4.90 Å². The topological polar surface area (TPSA) is 84.0 Å². The van der Waals surface area contributed by atoms with Crippen LogP contribution in [0.2, 0.25) is 0 Å². The summed E-state index contributed by atoms with van der Waals surface area (Å²) in [6.07, 6.45) is 0.536. The van der Waals surface area contributed by atoms with Gasteiger partial charge in [0.2, 0.25) is 11.8 Å². The summed E-state index contributed by atoms with van der Waals surface area (Å²) in [5.41, 5.74) is 1.08. The van der Waals surface area contributed by atoms with Gasteiger partial charge in [0.25, 0.3) is 5.91 Å². The second-order valence-corrected chi connectivity index (χ2v) is 10.5. The third-order valence-corrected chi connectivity index (χ3v) is 7.89. The van der Waals surface area contributed by atoms with Crippen LogP contribution >= 0.6 is 0 Å². The number of hydrogen-bond donors (Lipinski definition) is 0.